The van der Waals surface area contributed by atoms with Crippen LogP contribution in [0, 0.1) is 0 Å². The van der Waals surface area contributed by atoms with Crippen LogP contribution in [-0.4, -0.2) is 90.1 Å². The second-order valence-electron chi connectivity index (χ2n) is 6.69. The van der Waals surface area contributed by atoms with Crippen molar-refractivity contribution < 1.29 is 50.7 Å². The van der Waals surface area contributed by atoms with E-state index in [0.717, 1.165) is 35.8 Å². The number of rotatable bonds is 8. The Morgan fingerprint density at radius 2 is 0.838 bits per heavy atom. The topological polar surface area (TPSA) is 280 Å². The van der Waals surface area contributed by atoms with Crippen LogP contribution in [0.1, 0.15) is 13.8 Å². The molecule has 12 N–H and O–H groups in total. The zero-order valence-corrected chi connectivity index (χ0v) is 22.2. The van der Waals surface area contributed by atoms with Crippen LogP contribution >= 0.6 is 0 Å². The lowest BCUT2D eigenvalue weighted by Gasteiger charge is -2.21. The SMILES string of the molecule is CCN(CCO)c1ccc(N)cc1.CCN(CCO)c1ccc(N)cc1.O.O=S(=O)(O)O.O=S(=O)(O)O. The number of hydrogen-bond donors (Lipinski definition) is 8. The first-order valence-corrected chi connectivity index (χ1v) is 13.2. The Labute approximate surface area is 217 Å². The number of likely N-dealkylation sites (N-methyl/N-ethyl adjacent to an activating group) is 2. The Morgan fingerprint density at radius 3 is 1.00 bits per heavy atom. The average molecular weight is 575 g/mol. The van der Waals surface area contributed by atoms with E-state index < -0.39 is 20.8 Å². The maximum Gasteiger partial charge on any atom is 0.394 e. The van der Waals surface area contributed by atoms with Gasteiger partial charge in [-0.1, -0.05) is 0 Å². The first kappa shape index (κ1) is 38.8. The van der Waals surface area contributed by atoms with Gasteiger partial charge < -0.3 is 37.0 Å². The monoisotopic (exact) mass is 574 g/mol. The molecule has 0 aliphatic rings. The molecule has 2 aromatic carbocycles. The molecule has 0 saturated carbocycles. The van der Waals surface area contributed by atoms with Gasteiger partial charge in [-0.15, -0.1) is 0 Å². The van der Waals surface area contributed by atoms with Crippen molar-refractivity contribution in [1.29, 1.82) is 0 Å². The lowest BCUT2D eigenvalue weighted by Crippen LogP contribution is -2.25. The van der Waals surface area contributed by atoms with Gasteiger partial charge in [-0.25, -0.2) is 0 Å². The predicted molar refractivity (Wildman–Crippen MR) is 144 cm³/mol. The van der Waals surface area contributed by atoms with Gasteiger partial charge >= 0.3 is 20.8 Å². The molecule has 0 atom stereocenters. The van der Waals surface area contributed by atoms with Crippen molar-refractivity contribution in [3.63, 3.8) is 0 Å². The fourth-order valence-corrected chi connectivity index (χ4v) is 2.55. The largest absolute Gasteiger partial charge is 0.412 e. The Balaban J connectivity index is -0.000000453. The fourth-order valence-electron chi connectivity index (χ4n) is 2.55. The molecule has 0 amide bonds. The van der Waals surface area contributed by atoms with E-state index in [1.807, 2.05) is 48.5 Å². The zero-order valence-electron chi connectivity index (χ0n) is 20.5. The summed E-state index contributed by atoms with van der Waals surface area (Å²) < 4.78 is 63.2. The number of nitrogen functional groups attached to an aromatic ring is 2. The Hall–Kier alpha value is -2.74. The number of nitrogens with zero attached hydrogens (tertiary/aromatic N) is 2. The van der Waals surface area contributed by atoms with Crippen molar-refractivity contribution in [3.8, 4) is 0 Å². The van der Waals surface area contributed by atoms with Gasteiger partial charge in [0, 0.05) is 48.9 Å². The van der Waals surface area contributed by atoms with E-state index >= 15 is 0 Å². The standard InChI is InChI=1S/2C10H16N2O.2H2O4S.H2O/c2*1-2-12(7-8-13)10-5-3-9(11)4-6-10;2*1-5(2,3)4;/h2*3-6,13H,2,7-8,11H2,1H3;2*(H2,1,2,3,4);1H2. The molecule has 15 nitrogen and oxygen atoms in total. The van der Waals surface area contributed by atoms with E-state index in [1.165, 1.54) is 0 Å². The molecular weight excluding hydrogens is 536 g/mol. The molecular formula is C20H38N4O11S2. The van der Waals surface area contributed by atoms with E-state index in [2.05, 4.69) is 23.6 Å². The summed E-state index contributed by atoms with van der Waals surface area (Å²) in [5.74, 6) is 0. The van der Waals surface area contributed by atoms with Gasteiger partial charge in [0.05, 0.1) is 13.2 Å². The van der Waals surface area contributed by atoms with Crippen LogP contribution in [0.25, 0.3) is 0 Å². The highest BCUT2D eigenvalue weighted by molar-refractivity contribution is 7.80. The number of benzene rings is 2. The molecule has 0 aliphatic carbocycles. The summed E-state index contributed by atoms with van der Waals surface area (Å²) in [6.07, 6.45) is 0. The number of aliphatic hydroxyl groups is 2. The maximum atomic E-state index is 8.82. The lowest BCUT2D eigenvalue weighted by molar-refractivity contribution is 0.302. The summed E-state index contributed by atoms with van der Waals surface area (Å²) in [5.41, 5.74) is 14.9. The molecule has 0 bridgehead atoms. The highest BCUT2D eigenvalue weighted by atomic mass is 32.3. The summed E-state index contributed by atoms with van der Waals surface area (Å²) in [7, 11) is -9.33. The van der Waals surface area contributed by atoms with Crippen molar-refractivity contribution in [3.05, 3.63) is 48.5 Å². The summed E-state index contributed by atoms with van der Waals surface area (Å²) >= 11 is 0. The third-order valence-corrected chi connectivity index (χ3v) is 4.02. The van der Waals surface area contributed by atoms with Gasteiger partial charge in [0.25, 0.3) is 0 Å². The molecule has 37 heavy (non-hydrogen) atoms. The summed E-state index contributed by atoms with van der Waals surface area (Å²) in [6, 6.07) is 15.3. The molecule has 0 fully saturated rings. The van der Waals surface area contributed by atoms with Gasteiger partial charge in [0.2, 0.25) is 0 Å². The highest BCUT2D eigenvalue weighted by Crippen LogP contribution is 2.16. The van der Waals surface area contributed by atoms with Crippen LogP contribution in [0.4, 0.5) is 22.7 Å². The molecule has 0 spiro atoms. The van der Waals surface area contributed by atoms with Crippen LogP contribution in [0.3, 0.4) is 0 Å². The first-order chi connectivity index (χ1) is 16.5. The third-order valence-electron chi connectivity index (χ3n) is 4.02. The minimum absolute atomic E-state index is 0. The van der Waals surface area contributed by atoms with Crippen LogP contribution in [0.15, 0.2) is 48.5 Å². The molecule has 216 valence electrons. The first-order valence-electron chi connectivity index (χ1n) is 10.4. The van der Waals surface area contributed by atoms with Crippen LogP contribution in [0.2, 0.25) is 0 Å². The van der Waals surface area contributed by atoms with Gasteiger partial charge in [-0.2, -0.15) is 16.8 Å². The lowest BCUT2D eigenvalue weighted by atomic mass is 10.2. The second-order valence-corrected chi connectivity index (χ2v) is 8.48. The van der Waals surface area contributed by atoms with Crippen LogP contribution in [0.5, 0.6) is 0 Å². The third kappa shape index (κ3) is 26.1. The van der Waals surface area contributed by atoms with E-state index in [1.54, 1.807) is 0 Å². The van der Waals surface area contributed by atoms with E-state index in [-0.39, 0.29) is 18.7 Å². The molecule has 2 aromatic rings. The molecule has 0 aliphatic heterocycles. The highest BCUT2D eigenvalue weighted by Gasteiger charge is 2.02. The molecule has 0 unspecified atom stereocenters. The van der Waals surface area contributed by atoms with E-state index in [4.69, 9.17) is 56.7 Å². The summed E-state index contributed by atoms with van der Waals surface area (Å²) in [4.78, 5) is 4.19. The van der Waals surface area contributed by atoms with E-state index in [9.17, 15) is 0 Å². The van der Waals surface area contributed by atoms with Crippen molar-refractivity contribution in [1.82, 2.24) is 0 Å². The molecule has 0 heterocycles. The van der Waals surface area contributed by atoms with Crippen LogP contribution < -0.4 is 21.3 Å². The van der Waals surface area contributed by atoms with Gasteiger partial charge in [-0.3, -0.25) is 18.2 Å². The van der Waals surface area contributed by atoms with Crippen LogP contribution in [-0.2, 0) is 20.8 Å². The second kappa shape index (κ2) is 20.3. The van der Waals surface area contributed by atoms with Gasteiger partial charge in [0.1, 0.15) is 0 Å². The minimum atomic E-state index is -4.67. The summed E-state index contributed by atoms with van der Waals surface area (Å²) in [5, 5.41) is 17.6. The average Bonchev–Trinajstić information content (AvgIpc) is 2.75. The summed E-state index contributed by atoms with van der Waals surface area (Å²) in [6.45, 7) is 7.60. The number of hydrogen-bond acceptors (Lipinski definition) is 10. The number of aliphatic hydroxyl groups excluding tert-OH is 2. The fraction of sp³-hybridized carbons (Fsp3) is 0.400. The van der Waals surface area contributed by atoms with Crippen molar-refractivity contribution in [2.24, 2.45) is 0 Å². The molecule has 17 heteroatoms. The molecule has 2 rings (SSSR count). The molecule has 0 aromatic heterocycles. The van der Waals surface area contributed by atoms with Gasteiger partial charge in [0.15, 0.2) is 0 Å². The molecule has 0 saturated heterocycles. The predicted octanol–water partition coefficient (Wildman–Crippen LogP) is 0.0445. The maximum absolute atomic E-state index is 8.82. The Bertz CT molecular complexity index is 935. The van der Waals surface area contributed by atoms with E-state index in [0.29, 0.717) is 13.1 Å². The van der Waals surface area contributed by atoms with Gasteiger partial charge in [-0.05, 0) is 62.4 Å². The molecule has 0 radical (unpaired) electrons. The smallest absolute Gasteiger partial charge is 0.394 e. The number of anilines is 4. The van der Waals surface area contributed by atoms with Crippen molar-refractivity contribution in [2.45, 2.75) is 13.8 Å². The zero-order chi connectivity index (χ0) is 28.4. The number of nitrogens with two attached hydrogens (primary N) is 2. The quantitative estimate of drug-likeness (QED) is 0.153. The van der Waals surface area contributed by atoms with Crippen molar-refractivity contribution >= 4 is 43.5 Å². The normalized spacial score (nSPS) is 10.2. The Morgan fingerprint density at radius 1 is 0.622 bits per heavy atom. The van der Waals surface area contributed by atoms with Crippen molar-refractivity contribution in [2.75, 3.05) is 60.7 Å². The minimum Gasteiger partial charge on any atom is -0.412 e. The Kier molecular flexibility index (Phi) is 21.3.